The Bertz CT molecular complexity index is 1520. The van der Waals surface area contributed by atoms with Crippen molar-refractivity contribution in [1.82, 2.24) is 0 Å². The normalized spacial score (nSPS) is 44.7. The van der Waals surface area contributed by atoms with Gasteiger partial charge in [0.1, 0.15) is 35.6 Å². The Morgan fingerprint density at radius 3 is 2.20 bits per heavy atom. The zero-order valence-electron chi connectivity index (χ0n) is 31.0. The first kappa shape index (κ1) is 39.7. The van der Waals surface area contributed by atoms with Crippen LogP contribution in [-0.4, -0.2) is 114 Å². The van der Waals surface area contributed by atoms with Gasteiger partial charge in [-0.25, -0.2) is 0 Å². The summed E-state index contributed by atoms with van der Waals surface area (Å²) in [6, 6.07) is 0. The molecule has 13 heteroatoms. The molecule has 0 spiro atoms. The van der Waals surface area contributed by atoms with Gasteiger partial charge in [0.2, 0.25) is 12.1 Å². The molecule has 0 bridgehead atoms. The van der Waals surface area contributed by atoms with Gasteiger partial charge in [-0.05, 0) is 88.9 Å². The molecule has 5 aliphatic rings. The minimum atomic E-state index is -2.05. The lowest BCUT2D eigenvalue weighted by atomic mass is 9.38. The molecule has 51 heavy (non-hydrogen) atoms. The summed E-state index contributed by atoms with van der Waals surface area (Å²) in [5, 5.41) is 77.0. The van der Waals surface area contributed by atoms with Crippen molar-refractivity contribution in [3.8, 4) is 0 Å². The Morgan fingerprint density at radius 2 is 1.61 bits per heavy atom. The molecular formula is C38H56O13. The lowest BCUT2D eigenvalue weighted by Crippen LogP contribution is -2.65. The molecule has 0 radical (unpaired) electrons. The molecule has 4 aliphatic carbocycles. The highest BCUT2D eigenvalue weighted by molar-refractivity contribution is 6.01. The minimum absolute atomic E-state index is 0.110. The Morgan fingerprint density at radius 1 is 0.980 bits per heavy atom. The molecule has 286 valence electrons. The Kier molecular flexibility index (Phi) is 9.99. The first-order chi connectivity index (χ1) is 23.3. The highest BCUT2D eigenvalue weighted by Crippen LogP contribution is 2.74. The van der Waals surface area contributed by atoms with E-state index in [2.05, 4.69) is 0 Å². The lowest BCUT2D eigenvalue weighted by molar-refractivity contribution is -0.291. The molecule has 13 nitrogen and oxygen atoms in total. The van der Waals surface area contributed by atoms with E-state index in [0.717, 1.165) is 5.57 Å². The zero-order valence-corrected chi connectivity index (χ0v) is 31.0. The average Bonchev–Trinajstić information content (AvgIpc) is 3.22. The highest BCUT2D eigenvalue weighted by atomic mass is 16.7. The van der Waals surface area contributed by atoms with Crippen LogP contribution in [-0.2, 0) is 28.6 Å². The van der Waals surface area contributed by atoms with E-state index < -0.39 is 112 Å². The van der Waals surface area contributed by atoms with Gasteiger partial charge in [-0.15, -0.1) is 0 Å². The number of ether oxygens (including phenoxy) is 3. The predicted molar refractivity (Wildman–Crippen MR) is 181 cm³/mol. The van der Waals surface area contributed by atoms with Crippen molar-refractivity contribution in [3.05, 3.63) is 35.6 Å². The van der Waals surface area contributed by atoms with Crippen molar-refractivity contribution in [2.24, 2.45) is 39.4 Å². The van der Waals surface area contributed by atoms with Gasteiger partial charge in [0.25, 0.3) is 0 Å². The number of allylic oxidation sites excluding steroid dienone is 4. The SMILES string of the molecule is CC(=O)OC(C)(C)/C=C/C(=O)C(C)(O)[C@H]1[C@H](O)C[C@@]2(C)[C@@H]3CC=C4[C@@H](C=C(OC5OC(CO)C(O)C(O)C5O)C(=O)C4(C)C)[C@]3(C)C(O)C[C@]12C. The van der Waals surface area contributed by atoms with Gasteiger partial charge in [0, 0.05) is 24.2 Å². The molecule has 0 aromatic heterocycles. The average molecular weight is 721 g/mol. The van der Waals surface area contributed by atoms with Gasteiger partial charge in [-0.1, -0.05) is 32.4 Å². The number of aliphatic hydroxyl groups excluding tert-OH is 6. The fourth-order valence-electron chi connectivity index (χ4n) is 10.6. The Balaban J connectivity index is 1.52. The van der Waals surface area contributed by atoms with Gasteiger partial charge in [0.15, 0.2) is 11.5 Å². The van der Waals surface area contributed by atoms with Crippen molar-refractivity contribution in [2.75, 3.05) is 6.61 Å². The van der Waals surface area contributed by atoms with E-state index in [4.69, 9.17) is 14.2 Å². The maximum absolute atomic E-state index is 13.9. The van der Waals surface area contributed by atoms with E-state index >= 15 is 0 Å². The van der Waals surface area contributed by atoms with E-state index in [9.17, 15) is 50.1 Å². The van der Waals surface area contributed by atoms with Gasteiger partial charge < -0.3 is 50.0 Å². The van der Waals surface area contributed by atoms with Crippen LogP contribution in [0.25, 0.3) is 0 Å². The van der Waals surface area contributed by atoms with E-state index in [-0.39, 0.29) is 24.5 Å². The zero-order chi connectivity index (χ0) is 38.4. The Labute approximate surface area is 299 Å². The number of hydrogen-bond donors (Lipinski definition) is 7. The number of carbonyl (C=O) groups is 3. The summed E-state index contributed by atoms with van der Waals surface area (Å²) < 4.78 is 16.8. The molecule has 1 heterocycles. The van der Waals surface area contributed by atoms with Crippen LogP contribution in [0.2, 0.25) is 0 Å². The van der Waals surface area contributed by atoms with E-state index in [1.54, 1.807) is 33.8 Å². The van der Waals surface area contributed by atoms with Crippen molar-refractivity contribution in [1.29, 1.82) is 0 Å². The van der Waals surface area contributed by atoms with E-state index in [1.165, 1.54) is 26.0 Å². The summed E-state index contributed by atoms with van der Waals surface area (Å²) in [6.07, 6.45) is -3.06. The topological polar surface area (TPSA) is 221 Å². The van der Waals surface area contributed by atoms with E-state index in [1.807, 2.05) is 26.8 Å². The van der Waals surface area contributed by atoms with Crippen LogP contribution in [0.4, 0.5) is 0 Å². The lowest BCUT2D eigenvalue weighted by Gasteiger charge is -2.66. The fourth-order valence-corrected chi connectivity index (χ4v) is 10.6. The number of fused-ring (bicyclic) bond motifs is 5. The predicted octanol–water partition coefficient (Wildman–Crippen LogP) is 1.24. The molecule has 3 fully saturated rings. The minimum Gasteiger partial charge on any atom is -0.459 e. The largest absolute Gasteiger partial charge is 0.459 e. The molecule has 5 rings (SSSR count). The van der Waals surface area contributed by atoms with Crippen LogP contribution < -0.4 is 0 Å². The molecule has 1 aliphatic heterocycles. The number of ketones is 2. The van der Waals surface area contributed by atoms with Crippen LogP contribution in [0.15, 0.2) is 35.6 Å². The molecule has 7 unspecified atom stereocenters. The number of rotatable bonds is 8. The maximum atomic E-state index is 13.9. The monoisotopic (exact) mass is 720 g/mol. The van der Waals surface area contributed by atoms with Crippen LogP contribution in [0.1, 0.15) is 81.6 Å². The molecule has 0 amide bonds. The second-order valence-corrected chi connectivity index (χ2v) is 17.4. The maximum Gasteiger partial charge on any atom is 0.303 e. The molecule has 2 saturated carbocycles. The Hall–Kier alpha value is -2.49. The van der Waals surface area contributed by atoms with Crippen LogP contribution >= 0.6 is 0 Å². The molecular weight excluding hydrogens is 664 g/mol. The van der Waals surface area contributed by atoms with Crippen LogP contribution in [0.3, 0.4) is 0 Å². The molecule has 7 N–H and O–H groups in total. The summed E-state index contributed by atoms with van der Waals surface area (Å²) in [5.41, 5.74) is -6.11. The van der Waals surface area contributed by atoms with Crippen molar-refractivity contribution in [3.63, 3.8) is 0 Å². The van der Waals surface area contributed by atoms with Crippen LogP contribution in [0.5, 0.6) is 0 Å². The molecule has 0 aromatic rings. The summed E-state index contributed by atoms with van der Waals surface area (Å²) >= 11 is 0. The highest BCUT2D eigenvalue weighted by Gasteiger charge is 2.74. The number of aliphatic hydroxyl groups is 7. The third-order valence-corrected chi connectivity index (χ3v) is 13.5. The van der Waals surface area contributed by atoms with Gasteiger partial charge in [-0.2, -0.15) is 0 Å². The summed E-state index contributed by atoms with van der Waals surface area (Å²) in [5.74, 6) is -3.62. The van der Waals surface area contributed by atoms with Crippen molar-refractivity contribution >= 4 is 17.5 Å². The second kappa shape index (κ2) is 12.8. The third kappa shape index (κ3) is 5.96. The number of esters is 1. The first-order valence-electron chi connectivity index (χ1n) is 17.8. The molecule has 14 atom stereocenters. The number of hydrogen-bond acceptors (Lipinski definition) is 13. The number of Topliss-reactive ketones (excluding diaryl/α,β-unsaturated/α-hetero) is 1. The van der Waals surface area contributed by atoms with Crippen molar-refractivity contribution < 1.29 is 64.3 Å². The van der Waals surface area contributed by atoms with Crippen LogP contribution in [0, 0.1) is 39.4 Å². The summed E-state index contributed by atoms with van der Waals surface area (Å²) in [6.45, 7) is 14.5. The van der Waals surface area contributed by atoms with Crippen molar-refractivity contribution in [2.45, 2.75) is 136 Å². The fraction of sp³-hybridized carbons (Fsp3) is 0.763. The van der Waals surface area contributed by atoms with E-state index in [0.29, 0.717) is 6.42 Å². The van der Waals surface area contributed by atoms with Gasteiger partial charge >= 0.3 is 5.97 Å². The standard InChI is InChI=1S/C38H56O13/c1-18(40)51-33(2,3)13-12-25(42)38(9,48)30-21(41)15-35(6)24-11-10-19-20(37(24,8)26(43)16-36(30,35)7)14-22(31(47)34(19,4)5)49-32-29(46)28(45)27(44)23(17-39)50-32/h10,12-14,20-21,23-24,26-30,32,39,41,43-46,48H,11,15-17H2,1-9H3/b13-12+/t20-,21-,23?,24+,26?,27?,28?,29?,30+,32?,35+,36-,37+,38?/m1/s1. The summed E-state index contributed by atoms with van der Waals surface area (Å²) in [7, 11) is 0. The smallest absolute Gasteiger partial charge is 0.303 e. The summed E-state index contributed by atoms with van der Waals surface area (Å²) in [4.78, 5) is 39.2. The third-order valence-electron chi connectivity index (χ3n) is 13.5. The molecule has 0 aromatic carbocycles. The molecule has 1 saturated heterocycles. The van der Waals surface area contributed by atoms with Gasteiger partial charge in [0.05, 0.1) is 24.2 Å². The number of carbonyl (C=O) groups excluding carboxylic acids is 3. The quantitative estimate of drug-likeness (QED) is 0.107. The second-order valence-electron chi connectivity index (χ2n) is 17.4. The van der Waals surface area contributed by atoms with Gasteiger partial charge in [-0.3, -0.25) is 14.4 Å². The first-order valence-corrected chi connectivity index (χ1v) is 17.8.